The fourth-order valence-corrected chi connectivity index (χ4v) is 1.42. The Morgan fingerprint density at radius 3 is 2.56 bits per heavy atom. The van der Waals surface area contributed by atoms with Crippen LogP contribution in [0.3, 0.4) is 0 Å². The summed E-state index contributed by atoms with van der Waals surface area (Å²) in [5.41, 5.74) is 7.16. The van der Waals surface area contributed by atoms with Crippen molar-refractivity contribution in [3.05, 3.63) is 29.8 Å². The molecule has 4 heteroatoms. The first kappa shape index (κ1) is 14.5. The maximum atomic E-state index is 11.5. The summed E-state index contributed by atoms with van der Waals surface area (Å²) in [6.07, 6.45) is 2.42. The van der Waals surface area contributed by atoms with E-state index in [1.54, 1.807) is 12.1 Å². The van der Waals surface area contributed by atoms with Gasteiger partial charge in [0.25, 0.3) is 0 Å². The van der Waals surface area contributed by atoms with Crippen LogP contribution < -0.4 is 5.73 Å². The highest BCUT2D eigenvalue weighted by molar-refractivity contribution is 5.72. The summed E-state index contributed by atoms with van der Waals surface area (Å²) in [7, 11) is 0. The first-order valence-electron chi connectivity index (χ1n) is 6.30. The number of hydrogen-bond acceptors (Lipinski definition) is 4. The molecule has 0 aliphatic carbocycles. The maximum absolute atomic E-state index is 11.5. The smallest absolute Gasteiger partial charge is 0.310 e. The van der Waals surface area contributed by atoms with Gasteiger partial charge in [-0.05, 0) is 24.1 Å². The lowest BCUT2D eigenvalue weighted by molar-refractivity contribution is -0.144. The van der Waals surface area contributed by atoms with Gasteiger partial charge in [-0.1, -0.05) is 25.5 Å². The molecule has 1 aromatic carbocycles. The molecule has 100 valence electrons. The van der Waals surface area contributed by atoms with Gasteiger partial charge >= 0.3 is 5.97 Å². The second-order valence-corrected chi connectivity index (χ2v) is 4.10. The largest absolute Gasteiger partial charge is 0.463 e. The van der Waals surface area contributed by atoms with Gasteiger partial charge in [0.15, 0.2) is 0 Å². The Morgan fingerprint density at radius 2 is 1.89 bits per heavy atom. The molecule has 1 aromatic rings. The van der Waals surface area contributed by atoms with Crippen LogP contribution in [-0.2, 0) is 20.7 Å². The normalized spacial score (nSPS) is 10.3. The molecular weight excluding hydrogens is 230 g/mol. The van der Waals surface area contributed by atoms with Gasteiger partial charge in [-0.25, -0.2) is 0 Å². The van der Waals surface area contributed by atoms with Crippen LogP contribution in [0, 0.1) is 0 Å². The van der Waals surface area contributed by atoms with E-state index >= 15 is 0 Å². The summed E-state index contributed by atoms with van der Waals surface area (Å²) >= 11 is 0. The number of unbranched alkanes of at least 4 members (excludes halogenated alkanes) is 1. The lowest BCUT2D eigenvalue weighted by Gasteiger charge is -2.06. The van der Waals surface area contributed by atoms with Gasteiger partial charge in [-0.3, -0.25) is 4.79 Å². The summed E-state index contributed by atoms with van der Waals surface area (Å²) < 4.78 is 10.4. The predicted molar refractivity (Wildman–Crippen MR) is 71.2 cm³/mol. The highest BCUT2D eigenvalue weighted by atomic mass is 16.6. The van der Waals surface area contributed by atoms with E-state index < -0.39 is 0 Å². The van der Waals surface area contributed by atoms with Gasteiger partial charge in [-0.2, -0.15) is 0 Å². The van der Waals surface area contributed by atoms with Crippen LogP contribution in [0.4, 0.5) is 5.69 Å². The number of ether oxygens (including phenoxy) is 2. The molecule has 0 spiro atoms. The lowest BCUT2D eigenvalue weighted by Crippen LogP contribution is -2.13. The van der Waals surface area contributed by atoms with Crippen molar-refractivity contribution in [2.75, 3.05) is 25.6 Å². The molecule has 4 nitrogen and oxygen atoms in total. The van der Waals surface area contributed by atoms with Crippen LogP contribution in [0.25, 0.3) is 0 Å². The SMILES string of the molecule is CCCCOCCOC(=O)Cc1ccc(N)cc1. The molecule has 0 fully saturated rings. The second kappa shape index (κ2) is 8.53. The van der Waals surface area contributed by atoms with Gasteiger partial charge in [0.2, 0.25) is 0 Å². The first-order valence-corrected chi connectivity index (χ1v) is 6.30. The third-order valence-corrected chi connectivity index (χ3v) is 2.46. The summed E-state index contributed by atoms with van der Waals surface area (Å²) in [6, 6.07) is 7.20. The molecule has 0 saturated heterocycles. The predicted octanol–water partition coefficient (Wildman–Crippen LogP) is 2.17. The topological polar surface area (TPSA) is 61.5 Å². The van der Waals surface area contributed by atoms with Crippen LogP contribution in [0.1, 0.15) is 25.3 Å². The third kappa shape index (κ3) is 6.25. The van der Waals surface area contributed by atoms with Crippen molar-refractivity contribution in [2.45, 2.75) is 26.2 Å². The van der Waals surface area contributed by atoms with Crippen LogP contribution in [0.15, 0.2) is 24.3 Å². The molecule has 0 atom stereocenters. The molecule has 0 aliphatic rings. The first-order chi connectivity index (χ1) is 8.72. The van der Waals surface area contributed by atoms with Gasteiger partial charge < -0.3 is 15.2 Å². The standard InChI is InChI=1S/C14H21NO3/c1-2-3-8-17-9-10-18-14(16)11-12-4-6-13(15)7-5-12/h4-7H,2-3,8-11,15H2,1H3. The van der Waals surface area contributed by atoms with E-state index in [1.165, 1.54) is 0 Å². The zero-order valence-electron chi connectivity index (χ0n) is 10.9. The number of nitrogen functional groups attached to an aromatic ring is 1. The van der Waals surface area contributed by atoms with E-state index in [0.717, 1.165) is 25.0 Å². The van der Waals surface area contributed by atoms with Crippen molar-refractivity contribution >= 4 is 11.7 Å². The minimum atomic E-state index is -0.237. The molecule has 0 aliphatic heterocycles. The van der Waals surface area contributed by atoms with Gasteiger partial charge in [0.05, 0.1) is 13.0 Å². The van der Waals surface area contributed by atoms with E-state index in [0.29, 0.717) is 18.9 Å². The number of nitrogens with two attached hydrogens (primary N) is 1. The molecule has 0 amide bonds. The Hall–Kier alpha value is -1.55. The monoisotopic (exact) mass is 251 g/mol. The minimum Gasteiger partial charge on any atom is -0.463 e. The third-order valence-electron chi connectivity index (χ3n) is 2.46. The highest BCUT2D eigenvalue weighted by Gasteiger charge is 2.04. The fourth-order valence-electron chi connectivity index (χ4n) is 1.42. The Bertz CT molecular complexity index is 349. The Labute approximate surface area is 108 Å². The molecule has 0 unspecified atom stereocenters. The van der Waals surface area contributed by atoms with Gasteiger partial charge in [0.1, 0.15) is 6.61 Å². The molecule has 0 saturated carbocycles. The summed E-state index contributed by atoms with van der Waals surface area (Å²) in [4.78, 5) is 11.5. The van der Waals surface area contributed by atoms with E-state index in [1.807, 2.05) is 12.1 Å². The van der Waals surface area contributed by atoms with Crippen LogP contribution in [-0.4, -0.2) is 25.8 Å². The Balaban J connectivity index is 2.12. The Morgan fingerprint density at radius 1 is 1.17 bits per heavy atom. The zero-order valence-corrected chi connectivity index (χ0v) is 10.9. The fraction of sp³-hybridized carbons (Fsp3) is 0.500. The molecule has 0 heterocycles. The average Bonchev–Trinajstić information content (AvgIpc) is 2.36. The summed E-state index contributed by atoms with van der Waals surface area (Å²) in [5.74, 6) is -0.237. The van der Waals surface area contributed by atoms with Crippen molar-refractivity contribution in [1.82, 2.24) is 0 Å². The average molecular weight is 251 g/mol. The van der Waals surface area contributed by atoms with Gasteiger partial charge in [0, 0.05) is 12.3 Å². The molecular formula is C14H21NO3. The minimum absolute atomic E-state index is 0.237. The number of carbonyl (C=O) groups excluding carboxylic acids is 1. The summed E-state index contributed by atoms with van der Waals surface area (Å²) in [6.45, 7) is 3.62. The van der Waals surface area contributed by atoms with Gasteiger partial charge in [-0.15, -0.1) is 0 Å². The van der Waals surface area contributed by atoms with Crippen molar-refractivity contribution in [3.63, 3.8) is 0 Å². The van der Waals surface area contributed by atoms with E-state index in [4.69, 9.17) is 15.2 Å². The number of hydrogen-bond donors (Lipinski definition) is 1. The second-order valence-electron chi connectivity index (χ2n) is 4.10. The molecule has 1 rings (SSSR count). The summed E-state index contributed by atoms with van der Waals surface area (Å²) in [5, 5.41) is 0. The number of benzene rings is 1. The quantitative estimate of drug-likeness (QED) is 0.437. The highest BCUT2D eigenvalue weighted by Crippen LogP contribution is 2.06. The lowest BCUT2D eigenvalue weighted by atomic mass is 10.1. The number of anilines is 1. The van der Waals surface area contributed by atoms with Crippen LogP contribution >= 0.6 is 0 Å². The molecule has 0 bridgehead atoms. The maximum Gasteiger partial charge on any atom is 0.310 e. The molecule has 0 radical (unpaired) electrons. The number of rotatable bonds is 8. The molecule has 18 heavy (non-hydrogen) atoms. The number of esters is 1. The van der Waals surface area contributed by atoms with Crippen molar-refractivity contribution in [3.8, 4) is 0 Å². The van der Waals surface area contributed by atoms with Crippen molar-refractivity contribution < 1.29 is 14.3 Å². The zero-order chi connectivity index (χ0) is 13.2. The van der Waals surface area contributed by atoms with E-state index in [2.05, 4.69) is 6.92 Å². The molecule has 2 N–H and O–H groups in total. The Kier molecular flexibility index (Phi) is 6.87. The van der Waals surface area contributed by atoms with E-state index in [-0.39, 0.29) is 12.4 Å². The van der Waals surface area contributed by atoms with Crippen LogP contribution in [0.5, 0.6) is 0 Å². The van der Waals surface area contributed by atoms with E-state index in [9.17, 15) is 4.79 Å². The van der Waals surface area contributed by atoms with Crippen molar-refractivity contribution in [1.29, 1.82) is 0 Å². The molecule has 0 aromatic heterocycles. The van der Waals surface area contributed by atoms with Crippen molar-refractivity contribution in [2.24, 2.45) is 0 Å². The number of carbonyl (C=O) groups is 1. The van der Waals surface area contributed by atoms with Crippen LogP contribution in [0.2, 0.25) is 0 Å².